The zero-order valence-corrected chi connectivity index (χ0v) is 20.0. The highest BCUT2D eigenvalue weighted by Gasteiger charge is 2.30. The van der Waals surface area contributed by atoms with Crippen molar-refractivity contribution < 1.29 is 14.3 Å². The first kappa shape index (κ1) is 22.2. The molecular formula is C28H22N4O3S. The average Bonchev–Trinajstić information content (AvgIpc) is 3.61. The van der Waals surface area contributed by atoms with Gasteiger partial charge in [0.2, 0.25) is 0 Å². The number of ketones is 1. The Balaban J connectivity index is 1.34. The maximum atomic E-state index is 13.7. The van der Waals surface area contributed by atoms with Crippen molar-refractivity contribution >= 4 is 34.5 Å². The lowest BCUT2D eigenvalue weighted by atomic mass is 10.0. The first-order chi connectivity index (χ1) is 17.6. The molecule has 0 saturated carbocycles. The van der Waals surface area contributed by atoms with E-state index in [-0.39, 0.29) is 11.2 Å². The van der Waals surface area contributed by atoms with Crippen LogP contribution in [0.3, 0.4) is 0 Å². The Morgan fingerprint density at radius 3 is 2.64 bits per heavy atom. The van der Waals surface area contributed by atoms with Crippen molar-refractivity contribution in [2.24, 2.45) is 5.73 Å². The first-order valence-corrected chi connectivity index (χ1v) is 12.5. The number of nitrogens with zero attached hydrogens (tertiary/aromatic N) is 3. The third-order valence-electron chi connectivity index (χ3n) is 6.35. The second-order valence-electron chi connectivity index (χ2n) is 8.53. The van der Waals surface area contributed by atoms with E-state index >= 15 is 0 Å². The molecule has 0 spiro atoms. The number of carbonyl (C=O) groups excluding carboxylic acids is 2. The minimum atomic E-state index is -0.660. The maximum Gasteiger partial charge on any atom is 0.323 e. The number of ether oxygens (including phenoxy) is 1. The molecule has 2 N–H and O–H groups in total. The summed E-state index contributed by atoms with van der Waals surface area (Å²) >= 11 is 1.73. The van der Waals surface area contributed by atoms with Crippen LogP contribution in [0.1, 0.15) is 38.2 Å². The van der Waals surface area contributed by atoms with E-state index in [1.165, 1.54) is 10.8 Å². The van der Waals surface area contributed by atoms with Gasteiger partial charge in [-0.05, 0) is 35.9 Å². The van der Waals surface area contributed by atoms with Gasteiger partial charge < -0.3 is 15.0 Å². The Hall–Kier alpha value is -4.30. The Morgan fingerprint density at radius 2 is 1.86 bits per heavy atom. The summed E-state index contributed by atoms with van der Waals surface area (Å²) < 4.78 is 9.33. The molecule has 3 aromatic heterocycles. The topological polar surface area (TPSA) is 92.1 Å². The van der Waals surface area contributed by atoms with Crippen molar-refractivity contribution in [3.8, 4) is 5.75 Å². The van der Waals surface area contributed by atoms with Gasteiger partial charge in [0, 0.05) is 52.6 Å². The summed E-state index contributed by atoms with van der Waals surface area (Å²) in [6, 6.07) is 22.2. The van der Waals surface area contributed by atoms with Crippen LogP contribution in [0.15, 0.2) is 91.4 Å². The van der Waals surface area contributed by atoms with Gasteiger partial charge in [0.1, 0.15) is 17.7 Å². The third-order valence-corrected chi connectivity index (χ3v) is 7.57. The van der Waals surface area contributed by atoms with Crippen molar-refractivity contribution in [1.82, 2.24) is 14.1 Å². The predicted octanol–water partition coefficient (Wildman–Crippen LogP) is 5.37. The van der Waals surface area contributed by atoms with E-state index in [2.05, 4.69) is 9.55 Å². The lowest BCUT2D eigenvalue weighted by Gasteiger charge is -2.11. The summed E-state index contributed by atoms with van der Waals surface area (Å²) in [5.74, 6) is 1.14. The van der Waals surface area contributed by atoms with Crippen LogP contribution in [0.2, 0.25) is 0 Å². The second kappa shape index (κ2) is 9.05. The van der Waals surface area contributed by atoms with Gasteiger partial charge in [0.25, 0.3) is 0 Å². The van der Waals surface area contributed by atoms with Crippen LogP contribution >= 0.6 is 11.8 Å². The molecular weight excluding hydrogens is 472 g/mol. The summed E-state index contributed by atoms with van der Waals surface area (Å²) in [6.45, 7) is 0.390. The Morgan fingerprint density at radius 1 is 1.03 bits per heavy atom. The monoisotopic (exact) mass is 494 g/mol. The standard InChI is InChI=1S/C28H22N4O3S/c29-28(34)32-15-22(20-10-9-19(14-24(20)32)35-16-18-6-2-1-3-7-18)26(33)21-11-13-31-25(21)17-36-27(31)23-8-4-5-12-30-23/h1-15,27H,16-17H2,(H2,29,34). The molecule has 1 aliphatic rings. The zero-order valence-electron chi connectivity index (χ0n) is 19.2. The minimum absolute atomic E-state index is 0.0269. The van der Waals surface area contributed by atoms with Crippen molar-refractivity contribution in [1.29, 1.82) is 0 Å². The number of hydrogen-bond acceptors (Lipinski definition) is 5. The molecule has 0 bridgehead atoms. The molecule has 5 aromatic rings. The molecule has 178 valence electrons. The molecule has 1 amide bonds. The highest BCUT2D eigenvalue weighted by Crippen LogP contribution is 2.42. The number of amides is 1. The smallest absolute Gasteiger partial charge is 0.323 e. The van der Waals surface area contributed by atoms with Crippen LogP contribution in [-0.2, 0) is 12.4 Å². The fourth-order valence-corrected chi connectivity index (χ4v) is 5.88. The highest BCUT2D eigenvalue weighted by molar-refractivity contribution is 7.99. The predicted molar refractivity (Wildman–Crippen MR) is 139 cm³/mol. The summed E-state index contributed by atoms with van der Waals surface area (Å²) in [5, 5.41) is 0.678. The van der Waals surface area contributed by atoms with E-state index < -0.39 is 6.03 Å². The van der Waals surface area contributed by atoms with Crippen molar-refractivity contribution in [3.05, 3.63) is 119 Å². The molecule has 2 aromatic carbocycles. The quantitative estimate of drug-likeness (QED) is 0.321. The number of primary amides is 1. The van der Waals surface area contributed by atoms with E-state index in [9.17, 15) is 9.59 Å². The molecule has 0 saturated heterocycles. The third kappa shape index (κ3) is 3.85. The van der Waals surface area contributed by atoms with Crippen LogP contribution in [0.4, 0.5) is 4.79 Å². The Bertz CT molecular complexity index is 1590. The molecule has 0 aliphatic carbocycles. The van der Waals surface area contributed by atoms with Crippen molar-refractivity contribution in [2.45, 2.75) is 17.7 Å². The molecule has 4 heterocycles. The number of nitrogens with two attached hydrogens (primary N) is 1. The second-order valence-corrected chi connectivity index (χ2v) is 9.60. The van der Waals surface area contributed by atoms with E-state index in [1.54, 1.807) is 24.0 Å². The van der Waals surface area contributed by atoms with E-state index in [0.717, 1.165) is 17.0 Å². The van der Waals surface area contributed by atoms with Crippen molar-refractivity contribution in [2.75, 3.05) is 0 Å². The first-order valence-electron chi connectivity index (χ1n) is 11.5. The molecule has 0 radical (unpaired) electrons. The van der Waals surface area contributed by atoms with Crippen LogP contribution in [0.5, 0.6) is 5.75 Å². The lowest BCUT2D eigenvalue weighted by Crippen LogP contribution is -2.18. The van der Waals surface area contributed by atoms with Gasteiger partial charge >= 0.3 is 6.03 Å². The molecule has 6 rings (SSSR count). The van der Waals surface area contributed by atoms with Crippen LogP contribution in [0, 0.1) is 0 Å². The maximum absolute atomic E-state index is 13.7. The fourth-order valence-electron chi connectivity index (χ4n) is 4.59. The zero-order chi connectivity index (χ0) is 24.6. The molecule has 1 unspecified atom stereocenters. The lowest BCUT2D eigenvalue weighted by molar-refractivity contribution is 0.103. The summed E-state index contributed by atoms with van der Waals surface area (Å²) in [5.41, 5.74) is 10.2. The number of pyridine rings is 1. The molecule has 1 atom stereocenters. The van der Waals surface area contributed by atoms with E-state index in [4.69, 9.17) is 10.5 Å². The number of carbonyl (C=O) groups is 2. The molecule has 36 heavy (non-hydrogen) atoms. The summed E-state index contributed by atoms with van der Waals surface area (Å²) in [4.78, 5) is 30.4. The molecule has 1 aliphatic heterocycles. The van der Waals surface area contributed by atoms with Crippen molar-refractivity contribution in [3.63, 3.8) is 0 Å². The van der Waals surface area contributed by atoms with Gasteiger partial charge in [0.15, 0.2) is 5.78 Å². The number of hydrogen-bond donors (Lipinski definition) is 1. The molecule has 7 nitrogen and oxygen atoms in total. The molecule has 8 heteroatoms. The summed E-state index contributed by atoms with van der Waals surface area (Å²) in [6.07, 6.45) is 5.24. The number of thioether (sulfide) groups is 1. The van der Waals surface area contributed by atoms with Gasteiger partial charge in [-0.3, -0.25) is 14.3 Å². The fraction of sp³-hybridized carbons (Fsp3) is 0.107. The molecule has 0 fully saturated rings. The average molecular weight is 495 g/mol. The van der Waals surface area contributed by atoms with E-state index in [1.807, 2.05) is 72.9 Å². The van der Waals surface area contributed by atoms with Gasteiger partial charge in [-0.1, -0.05) is 36.4 Å². The Kier molecular flexibility index (Phi) is 5.58. The van der Waals surface area contributed by atoms with Gasteiger partial charge in [0.05, 0.1) is 11.2 Å². The number of rotatable bonds is 6. The van der Waals surface area contributed by atoms with Gasteiger partial charge in [-0.25, -0.2) is 4.79 Å². The van der Waals surface area contributed by atoms with Crippen LogP contribution in [0.25, 0.3) is 10.9 Å². The van der Waals surface area contributed by atoms with Crippen LogP contribution < -0.4 is 10.5 Å². The minimum Gasteiger partial charge on any atom is -0.489 e. The highest BCUT2D eigenvalue weighted by atomic mass is 32.2. The SMILES string of the molecule is NC(=O)n1cc(C(=O)c2ccn3c2CSC3c2ccccn2)c2ccc(OCc3ccccc3)cc21. The number of benzene rings is 2. The van der Waals surface area contributed by atoms with E-state index in [0.29, 0.717) is 40.1 Å². The number of aromatic nitrogens is 3. The Labute approximate surface area is 211 Å². The largest absolute Gasteiger partial charge is 0.489 e. The normalized spacial score (nSPS) is 14.6. The van der Waals surface area contributed by atoms with Gasteiger partial charge in [-0.2, -0.15) is 0 Å². The van der Waals surface area contributed by atoms with Crippen LogP contribution in [-0.4, -0.2) is 25.9 Å². The summed E-state index contributed by atoms with van der Waals surface area (Å²) in [7, 11) is 0. The van der Waals surface area contributed by atoms with Gasteiger partial charge in [-0.15, -0.1) is 11.8 Å². The number of fused-ring (bicyclic) bond motifs is 2.